The number of rotatable bonds is 10. The van der Waals surface area contributed by atoms with Crippen molar-refractivity contribution in [1.29, 1.82) is 0 Å². The van der Waals surface area contributed by atoms with Crippen LogP contribution in [0.15, 0.2) is 12.3 Å². The van der Waals surface area contributed by atoms with Crippen LogP contribution >= 0.6 is 0 Å². The average molecular weight is 427 g/mol. The van der Waals surface area contributed by atoms with Crippen LogP contribution < -0.4 is 27.0 Å². The molecule has 0 bridgehead atoms. The summed E-state index contributed by atoms with van der Waals surface area (Å²) in [6.45, 7) is 5.67. The maximum atomic E-state index is 12.5. The van der Waals surface area contributed by atoms with Crippen molar-refractivity contribution in [1.82, 2.24) is 25.6 Å². The number of fused-ring (bicyclic) bond motifs is 1. The molecule has 1 aliphatic heterocycles. The molecule has 0 aromatic carbocycles. The zero-order chi connectivity index (χ0) is 21.8. The second-order valence-electron chi connectivity index (χ2n) is 9.10. The summed E-state index contributed by atoms with van der Waals surface area (Å²) in [5, 5.41) is 13.4. The highest BCUT2D eigenvalue weighted by molar-refractivity contribution is 5.88. The van der Waals surface area contributed by atoms with E-state index in [1.54, 1.807) is 0 Å². The molecule has 4 rings (SSSR count). The van der Waals surface area contributed by atoms with E-state index < -0.39 is 0 Å². The summed E-state index contributed by atoms with van der Waals surface area (Å²) in [5.74, 6) is 0.868. The van der Waals surface area contributed by atoms with Crippen molar-refractivity contribution in [2.45, 2.75) is 76.4 Å². The molecule has 2 fully saturated rings. The Kier molecular flexibility index (Phi) is 6.41. The molecule has 31 heavy (non-hydrogen) atoms. The molecule has 6 N–H and O–H groups in total. The van der Waals surface area contributed by atoms with Crippen molar-refractivity contribution in [3.05, 3.63) is 12.3 Å². The molecular formula is C22H34N8O. The van der Waals surface area contributed by atoms with E-state index in [9.17, 15) is 4.79 Å². The van der Waals surface area contributed by atoms with Crippen LogP contribution in [0, 0.1) is 0 Å². The molecule has 2 aliphatic rings. The third-order valence-electron chi connectivity index (χ3n) is 6.03. The van der Waals surface area contributed by atoms with Gasteiger partial charge in [-0.2, -0.15) is 4.98 Å². The number of anilines is 3. The van der Waals surface area contributed by atoms with Gasteiger partial charge in [-0.25, -0.2) is 9.97 Å². The molecule has 9 nitrogen and oxygen atoms in total. The molecule has 168 valence electrons. The van der Waals surface area contributed by atoms with Gasteiger partial charge in [0.1, 0.15) is 5.52 Å². The van der Waals surface area contributed by atoms with Crippen molar-refractivity contribution < 1.29 is 4.79 Å². The van der Waals surface area contributed by atoms with Gasteiger partial charge in [-0.05, 0) is 51.6 Å². The maximum Gasteiger partial charge on any atom is 0.237 e. The lowest BCUT2D eigenvalue weighted by atomic mass is 9.94. The summed E-state index contributed by atoms with van der Waals surface area (Å²) in [7, 11) is 0. The molecule has 1 saturated heterocycles. The van der Waals surface area contributed by atoms with Gasteiger partial charge < -0.3 is 27.0 Å². The van der Waals surface area contributed by atoms with Crippen molar-refractivity contribution in [2.24, 2.45) is 0 Å². The number of nitrogens with two attached hydrogens (primary N) is 1. The number of carbonyl (C=O) groups excluding carboxylic acids is 1. The van der Waals surface area contributed by atoms with Gasteiger partial charge in [0.15, 0.2) is 5.82 Å². The lowest BCUT2D eigenvalue weighted by Crippen LogP contribution is -2.50. The first kappa shape index (κ1) is 21.5. The third-order valence-corrected chi connectivity index (χ3v) is 6.03. The molecule has 1 aliphatic carbocycles. The van der Waals surface area contributed by atoms with Gasteiger partial charge in [0.25, 0.3) is 0 Å². The summed E-state index contributed by atoms with van der Waals surface area (Å²) in [6.07, 6.45) is 9.11. The first-order valence-corrected chi connectivity index (χ1v) is 11.4. The fraction of sp³-hybridized carbons (Fsp3) is 0.636. The zero-order valence-corrected chi connectivity index (χ0v) is 18.5. The standard InChI is InChI=1S/C22H34N8O/c1-3-4-9-22(2,13-26-20(31)16-6-5-10-24-16)30-19-18-17(28-21(23)29-19)11-15(12-25-18)27-14-7-8-14/h11-12,14,16,24,27H,3-10,13H2,1-2H3,(H,26,31)(H3,23,28,29,30)/t16-,22+/m0/s1. The number of carbonyl (C=O) groups is 1. The number of hydrogen-bond acceptors (Lipinski definition) is 8. The van der Waals surface area contributed by atoms with Crippen LogP contribution in [0.5, 0.6) is 0 Å². The first-order chi connectivity index (χ1) is 15.0. The van der Waals surface area contributed by atoms with Crippen molar-refractivity contribution >= 4 is 34.4 Å². The lowest BCUT2D eigenvalue weighted by molar-refractivity contribution is -0.123. The quantitative estimate of drug-likeness (QED) is 0.392. The summed E-state index contributed by atoms with van der Waals surface area (Å²) < 4.78 is 0. The normalized spacial score (nSPS) is 20.4. The largest absolute Gasteiger partial charge is 0.381 e. The van der Waals surface area contributed by atoms with E-state index in [-0.39, 0.29) is 23.4 Å². The number of amides is 1. The predicted molar refractivity (Wildman–Crippen MR) is 124 cm³/mol. The van der Waals surface area contributed by atoms with Gasteiger partial charge in [0.2, 0.25) is 11.9 Å². The molecule has 2 aromatic rings. The fourth-order valence-corrected chi connectivity index (χ4v) is 4.03. The Morgan fingerprint density at radius 1 is 1.32 bits per heavy atom. The van der Waals surface area contributed by atoms with E-state index in [0.29, 0.717) is 29.4 Å². The predicted octanol–water partition coefficient (Wildman–Crippen LogP) is 2.41. The average Bonchev–Trinajstić information content (AvgIpc) is 3.38. The minimum Gasteiger partial charge on any atom is -0.381 e. The van der Waals surface area contributed by atoms with Gasteiger partial charge in [-0.15, -0.1) is 0 Å². The highest BCUT2D eigenvalue weighted by Gasteiger charge is 2.29. The van der Waals surface area contributed by atoms with Gasteiger partial charge in [0.05, 0.1) is 29.0 Å². The van der Waals surface area contributed by atoms with Crippen LogP contribution in [0.25, 0.3) is 11.0 Å². The Balaban J connectivity index is 1.53. The van der Waals surface area contributed by atoms with Gasteiger partial charge in [0, 0.05) is 12.6 Å². The Morgan fingerprint density at radius 2 is 2.16 bits per heavy atom. The lowest BCUT2D eigenvalue weighted by Gasteiger charge is -2.32. The summed E-state index contributed by atoms with van der Waals surface area (Å²) in [4.78, 5) is 26.0. The highest BCUT2D eigenvalue weighted by atomic mass is 16.2. The molecule has 2 aromatic heterocycles. The Morgan fingerprint density at radius 3 is 2.87 bits per heavy atom. The minimum absolute atomic E-state index is 0.0583. The molecule has 9 heteroatoms. The molecule has 2 atom stereocenters. The summed E-state index contributed by atoms with van der Waals surface area (Å²) in [5.41, 5.74) is 7.98. The van der Waals surface area contributed by atoms with E-state index >= 15 is 0 Å². The molecule has 1 saturated carbocycles. The van der Waals surface area contributed by atoms with Gasteiger partial charge in [-0.3, -0.25) is 4.79 Å². The van der Waals surface area contributed by atoms with E-state index in [4.69, 9.17) is 5.73 Å². The smallest absolute Gasteiger partial charge is 0.237 e. The van der Waals surface area contributed by atoms with Crippen LogP contribution in [0.4, 0.5) is 17.5 Å². The second kappa shape index (κ2) is 9.21. The van der Waals surface area contributed by atoms with Crippen LogP contribution in [0.1, 0.15) is 58.8 Å². The fourth-order valence-electron chi connectivity index (χ4n) is 4.03. The van der Waals surface area contributed by atoms with E-state index in [1.165, 1.54) is 12.8 Å². The maximum absolute atomic E-state index is 12.5. The zero-order valence-electron chi connectivity index (χ0n) is 18.5. The number of pyridine rings is 1. The number of nitrogen functional groups attached to an aromatic ring is 1. The van der Waals surface area contributed by atoms with Crippen LogP contribution in [-0.4, -0.2) is 51.6 Å². The van der Waals surface area contributed by atoms with Crippen molar-refractivity contribution in [2.75, 3.05) is 29.5 Å². The summed E-state index contributed by atoms with van der Waals surface area (Å²) in [6, 6.07) is 2.41. The van der Waals surface area contributed by atoms with Crippen LogP contribution in [0.2, 0.25) is 0 Å². The highest BCUT2D eigenvalue weighted by Crippen LogP contribution is 2.29. The van der Waals surface area contributed by atoms with E-state index in [2.05, 4.69) is 50.1 Å². The molecule has 0 spiro atoms. The topological polar surface area (TPSA) is 130 Å². The SMILES string of the molecule is CCCC[C@](C)(CNC(=O)[C@@H]1CCCN1)Nc1nc(N)nc2cc(NC3CC3)cnc12. The molecular weight excluding hydrogens is 392 g/mol. The Hall–Kier alpha value is -2.68. The van der Waals surface area contributed by atoms with Crippen LogP contribution in [0.3, 0.4) is 0 Å². The Labute approximate surface area is 183 Å². The molecule has 3 heterocycles. The molecule has 1 amide bonds. The van der Waals surface area contributed by atoms with Crippen molar-refractivity contribution in [3.8, 4) is 0 Å². The van der Waals surface area contributed by atoms with Gasteiger partial charge in [-0.1, -0.05) is 19.8 Å². The summed E-state index contributed by atoms with van der Waals surface area (Å²) >= 11 is 0. The molecule has 0 radical (unpaired) electrons. The first-order valence-electron chi connectivity index (χ1n) is 11.4. The number of nitrogens with zero attached hydrogens (tertiary/aromatic N) is 3. The van der Waals surface area contributed by atoms with Crippen LogP contribution in [-0.2, 0) is 4.79 Å². The van der Waals surface area contributed by atoms with E-state index in [1.807, 2.05) is 12.3 Å². The van der Waals surface area contributed by atoms with Crippen molar-refractivity contribution in [3.63, 3.8) is 0 Å². The third kappa shape index (κ3) is 5.52. The monoisotopic (exact) mass is 426 g/mol. The number of nitrogens with one attached hydrogen (secondary N) is 4. The van der Waals surface area contributed by atoms with E-state index in [0.717, 1.165) is 44.3 Å². The second-order valence-corrected chi connectivity index (χ2v) is 9.10. The number of unbranched alkanes of at least 4 members (excludes halogenated alkanes) is 1. The number of aromatic nitrogens is 3. The Bertz CT molecular complexity index is 925. The minimum atomic E-state index is -0.384. The number of hydrogen-bond donors (Lipinski definition) is 5. The molecule has 0 unspecified atom stereocenters. The van der Waals surface area contributed by atoms with Gasteiger partial charge >= 0.3 is 0 Å².